The highest BCUT2D eigenvalue weighted by Crippen LogP contribution is 2.37. The third kappa shape index (κ3) is 4.85. The van der Waals surface area contributed by atoms with Crippen molar-refractivity contribution in [3.05, 3.63) is 82.7 Å². The Bertz CT molecular complexity index is 1410. The molecular weight excluding hydrogens is 452 g/mol. The first-order chi connectivity index (χ1) is 16.8. The van der Waals surface area contributed by atoms with E-state index in [4.69, 9.17) is 4.74 Å². The minimum atomic E-state index is -0.806. The van der Waals surface area contributed by atoms with Crippen LogP contribution in [0.3, 0.4) is 0 Å². The molecule has 2 aromatic heterocycles. The van der Waals surface area contributed by atoms with Gasteiger partial charge in [0.1, 0.15) is 12.0 Å². The molecule has 4 aromatic rings. The van der Waals surface area contributed by atoms with E-state index in [1.807, 2.05) is 13.8 Å². The van der Waals surface area contributed by atoms with Crippen LogP contribution in [-0.2, 0) is 0 Å². The van der Waals surface area contributed by atoms with Crippen LogP contribution in [0.4, 0.5) is 20.2 Å². The molecule has 0 atom stereocenters. The number of halogens is 2. The van der Waals surface area contributed by atoms with Crippen LogP contribution in [0.2, 0.25) is 0 Å². The van der Waals surface area contributed by atoms with Crippen LogP contribution in [0.15, 0.2) is 59.9 Å². The number of pyridine rings is 1. The second-order valence-corrected chi connectivity index (χ2v) is 8.47. The highest BCUT2D eigenvalue weighted by Gasteiger charge is 2.24. The van der Waals surface area contributed by atoms with Gasteiger partial charge in [0, 0.05) is 31.0 Å². The fourth-order valence-electron chi connectivity index (χ4n) is 3.90. The molecule has 2 aromatic carbocycles. The van der Waals surface area contributed by atoms with Crippen molar-refractivity contribution in [1.29, 1.82) is 0 Å². The molecule has 0 radical (unpaired) electrons. The van der Waals surface area contributed by atoms with Crippen LogP contribution in [0.1, 0.15) is 19.4 Å². The van der Waals surface area contributed by atoms with Gasteiger partial charge in [-0.1, -0.05) is 13.8 Å². The molecule has 0 aliphatic heterocycles. The molecule has 2 heterocycles. The third-order valence-electron chi connectivity index (χ3n) is 5.68. The van der Waals surface area contributed by atoms with Crippen molar-refractivity contribution >= 4 is 22.3 Å². The fourth-order valence-corrected chi connectivity index (χ4v) is 3.90. The molecular formula is C26H27F2N5O2. The Balaban J connectivity index is 1.89. The zero-order valence-corrected chi connectivity index (χ0v) is 20.0. The van der Waals surface area contributed by atoms with E-state index in [1.54, 1.807) is 49.6 Å². The van der Waals surface area contributed by atoms with E-state index in [0.717, 1.165) is 0 Å². The summed E-state index contributed by atoms with van der Waals surface area (Å²) in [4.78, 5) is 23.3. The van der Waals surface area contributed by atoms with Crippen molar-refractivity contribution in [2.75, 3.05) is 25.1 Å². The molecule has 0 amide bonds. The Kier molecular flexibility index (Phi) is 7.07. The Hall–Kier alpha value is -3.85. The van der Waals surface area contributed by atoms with E-state index >= 15 is 8.78 Å². The Morgan fingerprint density at radius 3 is 2.66 bits per heavy atom. The number of ether oxygens (including phenoxy) is 1. The Labute approximate surface area is 202 Å². The average Bonchev–Trinajstić information content (AvgIpc) is 2.86. The van der Waals surface area contributed by atoms with Gasteiger partial charge in [-0.3, -0.25) is 14.3 Å². The molecule has 0 saturated heterocycles. The van der Waals surface area contributed by atoms with Gasteiger partial charge in [0.05, 0.1) is 29.9 Å². The maximum Gasteiger partial charge on any atom is 0.265 e. The standard InChI is InChI=1S/C26H27F2N5O2/c1-16(2)30-10-11-32(25-23(27)17(3)12-22(35-4)24(25)28)18-7-8-21-20(13-18)26(34)33(15-31-21)19-6-5-9-29-14-19/h5-9,12-16,30H,10-11H2,1-4H3. The molecule has 182 valence electrons. The van der Waals surface area contributed by atoms with Crippen LogP contribution < -0.4 is 20.5 Å². The first-order valence-electron chi connectivity index (χ1n) is 11.3. The molecule has 0 saturated carbocycles. The number of anilines is 2. The van der Waals surface area contributed by atoms with E-state index in [2.05, 4.69) is 15.3 Å². The number of aromatic nitrogens is 3. The second kappa shape index (κ2) is 10.2. The number of hydrogen-bond donors (Lipinski definition) is 1. The SMILES string of the molecule is COc1cc(C)c(F)c(N(CCNC(C)C)c2ccc3ncn(-c4cccnc4)c(=O)c3c2)c1F. The van der Waals surface area contributed by atoms with Crippen molar-refractivity contribution in [3.63, 3.8) is 0 Å². The number of aryl methyl sites for hydroxylation is 1. The largest absolute Gasteiger partial charge is 0.494 e. The van der Waals surface area contributed by atoms with Crippen LogP contribution in [0.5, 0.6) is 5.75 Å². The second-order valence-electron chi connectivity index (χ2n) is 8.47. The minimum absolute atomic E-state index is 0.0536. The summed E-state index contributed by atoms with van der Waals surface area (Å²) in [5, 5.41) is 3.59. The molecule has 35 heavy (non-hydrogen) atoms. The highest BCUT2D eigenvalue weighted by molar-refractivity contribution is 5.83. The first-order valence-corrected chi connectivity index (χ1v) is 11.3. The maximum atomic E-state index is 15.4. The lowest BCUT2D eigenvalue weighted by atomic mass is 10.1. The Morgan fingerprint density at radius 2 is 1.97 bits per heavy atom. The summed E-state index contributed by atoms with van der Waals surface area (Å²) >= 11 is 0. The molecule has 0 unspecified atom stereocenters. The number of nitrogens with one attached hydrogen (secondary N) is 1. The zero-order chi connectivity index (χ0) is 25.1. The van der Waals surface area contributed by atoms with Gasteiger partial charge in [-0.05, 0) is 48.9 Å². The third-order valence-corrected chi connectivity index (χ3v) is 5.68. The summed E-state index contributed by atoms with van der Waals surface area (Å²) in [6, 6.07) is 9.97. The summed E-state index contributed by atoms with van der Waals surface area (Å²) in [7, 11) is 1.34. The lowest BCUT2D eigenvalue weighted by molar-refractivity contribution is 0.383. The predicted octanol–water partition coefficient (Wildman–Crippen LogP) is 4.51. The molecule has 0 fully saturated rings. The number of nitrogens with zero attached hydrogens (tertiary/aromatic N) is 4. The average molecular weight is 480 g/mol. The van der Waals surface area contributed by atoms with Gasteiger partial charge in [0.15, 0.2) is 17.4 Å². The Morgan fingerprint density at radius 1 is 1.17 bits per heavy atom. The van der Waals surface area contributed by atoms with Gasteiger partial charge in [-0.2, -0.15) is 0 Å². The minimum Gasteiger partial charge on any atom is -0.494 e. The van der Waals surface area contributed by atoms with Gasteiger partial charge in [-0.25, -0.2) is 13.8 Å². The number of methoxy groups -OCH3 is 1. The quantitative estimate of drug-likeness (QED) is 0.401. The van der Waals surface area contributed by atoms with E-state index in [-0.39, 0.29) is 35.1 Å². The lowest BCUT2D eigenvalue weighted by Gasteiger charge is -2.28. The van der Waals surface area contributed by atoms with Crippen molar-refractivity contribution < 1.29 is 13.5 Å². The van der Waals surface area contributed by atoms with E-state index in [1.165, 1.54) is 29.0 Å². The van der Waals surface area contributed by atoms with Crippen molar-refractivity contribution in [2.24, 2.45) is 0 Å². The van der Waals surface area contributed by atoms with E-state index in [0.29, 0.717) is 28.8 Å². The van der Waals surface area contributed by atoms with Gasteiger partial charge >= 0.3 is 0 Å². The smallest absolute Gasteiger partial charge is 0.265 e. The number of rotatable bonds is 8. The normalized spacial score (nSPS) is 11.3. The monoisotopic (exact) mass is 479 g/mol. The topological polar surface area (TPSA) is 72.3 Å². The van der Waals surface area contributed by atoms with Gasteiger partial charge < -0.3 is 15.0 Å². The van der Waals surface area contributed by atoms with E-state index in [9.17, 15) is 4.79 Å². The summed E-state index contributed by atoms with van der Waals surface area (Å²) in [6.07, 6.45) is 4.62. The summed E-state index contributed by atoms with van der Waals surface area (Å²) in [6.45, 7) is 6.24. The molecule has 7 nitrogen and oxygen atoms in total. The molecule has 0 aliphatic rings. The van der Waals surface area contributed by atoms with Crippen molar-refractivity contribution in [2.45, 2.75) is 26.8 Å². The van der Waals surface area contributed by atoms with Crippen molar-refractivity contribution in [3.8, 4) is 11.4 Å². The molecule has 9 heteroatoms. The van der Waals surface area contributed by atoms with Crippen LogP contribution in [-0.4, -0.2) is 40.8 Å². The molecule has 0 spiro atoms. The van der Waals surface area contributed by atoms with Gasteiger partial charge in [0.2, 0.25) is 0 Å². The fraction of sp³-hybridized carbons (Fsp3) is 0.269. The molecule has 4 rings (SSSR count). The summed E-state index contributed by atoms with van der Waals surface area (Å²) < 4.78 is 37.3. The number of benzene rings is 2. The van der Waals surface area contributed by atoms with E-state index < -0.39 is 11.6 Å². The first kappa shape index (κ1) is 24.3. The van der Waals surface area contributed by atoms with Crippen LogP contribution in [0, 0.1) is 18.6 Å². The molecule has 0 aliphatic carbocycles. The highest BCUT2D eigenvalue weighted by atomic mass is 19.1. The number of fused-ring (bicyclic) bond motifs is 1. The molecule has 0 bridgehead atoms. The van der Waals surface area contributed by atoms with Gasteiger partial charge in [-0.15, -0.1) is 0 Å². The maximum absolute atomic E-state index is 15.4. The summed E-state index contributed by atoms with van der Waals surface area (Å²) in [5.74, 6) is -1.55. The van der Waals surface area contributed by atoms with Crippen LogP contribution in [0.25, 0.3) is 16.6 Å². The summed E-state index contributed by atoms with van der Waals surface area (Å²) in [5.41, 5.74) is 1.20. The molecule has 1 N–H and O–H groups in total. The zero-order valence-electron chi connectivity index (χ0n) is 20.0. The van der Waals surface area contributed by atoms with Crippen LogP contribution >= 0.6 is 0 Å². The predicted molar refractivity (Wildman–Crippen MR) is 133 cm³/mol. The van der Waals surface area contributed by atoms with Gasteiger partial charge in [0.25, 0.3) is 5.56 Å². The number of hydrogen-bond acceptors (Lipinski definition) is 6. The lowest BCUT2D eigenvalue weighted by Crippen LogP contribution is -2.33. The van der Waals surface area contributed by atoms with Crippen molar-refractivity contribution in [1.82, 2.24) is 19.9 Å².